The van der Waals surface area contributed by atoms with Crippen molar-refractivity contribution >= 4 is 59.2 Å². The largest absolute Gasteiger partial charge is 0.496 e. The molecule has 2 aromatic rings. The number of anilines is 1. The molecule has 0 atom stereocenters. The first-order valence-electron chi connectivity index (χ1n) is 5.51. The van der Waals surface area contributed by atoms with Gasteiger partial charge in [0.1, 0.15) is 15.8 Å². The summed E-state index contributed by atoms with van der Waals surface area (Å²) in [5.74, 6) is 0.597. The molecule has 1 aromatic heterocycles. The van der Waals surface area contributed by atoms with Crippen LogP contribution in [-0.2, 0) is 10.0 Å². The van der Waals surface area contributed by atoms with Crippen LogP contribution in [0.2, 0.25) is 5.15 Å². The zero-order valence-corrected chi connectivity index (χ0v) is 15.3. The Morgan fingerprint density at radius 3 is 2.62 bits per heavy atom. The van der Waals surface area contributed by atoms with Crippen LogP contribution in [0.3, 0.4) is 0 Å². The fourth-order valence-electron chi connectivity index (χ4n) is 1.53. The first-order valence-corrected chi connectivity index (χ1v) is 8.95. The van der Waals surface area contributed by atoms with Gasteiger partial charge in [-0.25, -0.2) is 13.4 Å². The van der Waals surface area contributed by atoms with Gasteiger partial charge < -0.3 is 4.74 Å². The first-order chi connectivity index (χ1) is 9.83. The Hall–Kier alpha value is -0.830. The van der Waals surface area contributed by atoms with Crippen LogP contribution in [0.25, 0.3) is 0 Å². The Morgan fingerprint density at radius 1 is 1.29 bits per heavy atom. The fraction of sp³-hybridized carbons (Fsp3) is 0.0833. The molecule has 0 aliphatic heterocycles. The number of aromatic nitrogens is 1. The minimum absolute atomic E-state index is 0.0988. The van der Waals surface area contributed by atoms with Crippen LogP contribution in [0.5, 0.6) is 5.75 Å². The maximum Gasteiger partial charge on any atom is 0.265 e. The second kappa shape index (κ2) is 6.51. The standard InChI is InChI=1S/C12H9Br2ClN2O3S/c1-20-10-3-2-8(5-9(10)14)17-21(18,19)11-4-7(13)6-16-12(11)15/h2-6,17H,1H3. The summed E-state index contributed by atoms with van der Waals surface area (Å²) in [5, 5.41) is -0.0988. The van der Waals surface area contributed by atoms with Gasteiger partial charge >= 0.3 is 0 Å². The molecule has 0 unspecified atom stereocenters. The van der Waals surface area contributed by atoms with Crippen LogP contribution in [0, 0.1) is 0 Å². The lowest BCUT2D eigenvalue weighted by atomic mass is 10.3. The molecule has 1 heterocycles. The lowest BCUT2D eigenvalue weighted by Crippen LogP contribution is -2.14. The molecule has 5 nitrogen and oxygen atoms in total. The van der Waals surface area contributed by atoms with E-state index in [0.717, 1.165) is 0 Å². The van der Waals surface area contributed by atoms with E-state index in [4.69, 9.17) is 16.3 Å². The van der Waals surface area contributed by atoms with E-state index < -0.39 is 10.0 Å². The average molecular weight is 457 g/mol. The summed E-state index contributed by atoms with van der Waals surface area (Å²) in [6.45, 7) is 0. The Morgan fingerprint density at radius 2 is 2.00 bits per heavy atom. The summed E-state index contributed by atoms with van der Waals surface area (Å²) in [7, 11) is -2.31. The normalized spacial score (nSPS) is 11.2. The Bertz CT molecular complexity index is 784. The summed E-state index contributed by atoms with van der Waals surface area (Å²) < 4.78 is 33.3. The minimum Gasteiger partial charge on any atom is -0.496 e. The molecule has 0 amide bonds. The smallest absolute Gasteiger partial charge is 0.265 e. The van der Waals surface area contributed by atoms with Crippen molar-refractivity contribution in [1.29, 1.82) is 0 Å². The van der Waals surface area contributed by atoms with E-state index >= 15 is 0 Å². The third-order valence-electron chi connectivity index (χ3n) is 2.47. The SMILES string of the molecule is COc1ccc(NS(=O)(=O)c2cc(Br)cnc2Cl)cc1Br. The molecule has 0 aliphatic carbocycles. The summed E-state index contributed by atoms with van der Waals surface area (Å²) >= 11 is 12.3. The summed E-state index contributed by atoms with van der Waals surface area (Å²) in [4.78, 5) is 3.70. The number of methoxy groups -OCH3 is 1. The zero-order chi connectivity index (χ0) is 15.6. The van der Waals surface area contributed by atoms with Crippen molar-refractivity contribution in [3.63, 3.8) is 0 Å². The molecule has 0 aliphatic rings. The second-order valence-electron chi connectivity index (χ2n) is 3.90. The van der Waals surface area contributed by atoms with Gasteiger partial charge in [-0.2, -0.15) is 0 Å². The van der Waals surface area contributed by atoms with Crippen molar-refractivity contribution in [1.82, 2.24) is 4.98 Å². The third-order valence-corrected chi connectivity index (χ3v) is 5.33. The minimum atomic E-state index is -3.84. The number of halogens is 3. The van der Waals surface area contributed by atoms with Crippen molar-refractivity contribution in [2.45, 2.75) is 4.90 Å². The van der Waals surface area contributed by atoms with Crippen LogP contribution >= 0.6 is 43.5 Å². The van der Waals surface area contributed by atoms with Crippen LogP contribution in [0.15, 0.2) is 44.3 Å². The molecule has 0 spiro atoms. The Balaban J connectivity index is 2.37. The summed E-state index contributed by atoms with van der Waals surface area (Å²) in [6.07, 6.45) is 1.42. The number of ether oxygens (including phenoxy) is 1. The van der Waals surface area contributed by atoms with Gasteiger partial charge in [0, 0.05) is 10.7 Å². The van der Waals surface area contributed by atoms with E-state index in [2.05, 4.69) is 41.6 Å². The maximum absolute atomic E-state index is 12.3. The predicted molar refractivity (Wildman–Crippen MR) is 88.4 cm³/mol. The van der Waals surface area contributed by atoms with Gasteiger partial charge in [0.05, 0.1) is 17.3 Å². The fourth-order valence-corrected chi connectivity index (χ4v) is 4.07. The molecule has 0 fully saturated rings. The maximum atomic E-state index is 12.3. The average Bonchev–Trinajstić information content (AvgIpc) is 2.41. The molecular weight excluding hydrogens is 447 g/mol. The number of sulfonamides is 1. The molecule has 9 heteroatoms. The number of hydrogen-bond acceptors (Lipinski definition) is 4. The third kappa shape index (κ3) is 3.88. The van der Waals surface area contributed by atoms with Crippen LogP contribution < -0.4 is 9.46 Å². The topological polar surface area (TPSA) is 68.3 Å². The molecule has 0 radical (unpaired) electrons. The van der Waals surface area contributed by atoms with Gasteiger partial charge in [-0.3, -0.25) is 4.72 Å². The highest BCUT2D eigenvalue weighted by atomic mass is 79.9. The molecular formula is C12H9Br2ClN2O3S. The monoisotopic (exact) mass is 454 g/mol. The first kappa shape index (κ1) is 16.5. The summed E-state index contributed by atoms with van der Waals surface area (Å²) in [5.41, 5.74) is 0.374. The quantitative estimate of drug-likeness (QED) is 0.705. The van der Waals surface area contributed by atoms with E-state index in [9.17, 15) is 8.42 Å². The predicted octanol–water partition coefficient (Wildman–Crippen LogP) is 4.07. The van der Waals surface area contributed by atoms with Crippen molar-refractivity contribution in [3.8, 4) is 5.75 Å². The van der Waals surface area contributed by atoms with Gasteiger partial charge in [0.2, 0.25) is 0 Å². The van der Waals surface area contributed by atoms with Crippen molar-refractivity contribution < 1.29 is 13.2 Å². The van der Waals surface area contributed by atoms with Crippen molar-refractivity contribution in [2.75, 3.05) is 11.8 Å². The molecule has 2 rings (SSSR count). The van der Waals surface area contributed by atoms with Crippen LogP contribution in [0.4, 0.5) is 5.69 Å². The van der Waals surface area contributed by atoms with E-state index in [-0.39, 0.29) is 10.0 Å². The van der Waals surface area contributed by atoms with E-state index in [0.29, 0.717) is 20.4 Å². The van der Waals surface area contributed by atoms with Gasteiger partial charge in [-0.15, -0.1) is 0 Å². The lowest BCUT2D eigenvalue weighted by molar-refractivity contribution is 0.412. The molecule has 0 saturated carbocycles. The zero-order valence-electron chi connectivity index (χ0n) is 10.6. The number of nitrogens with zero attached hydrogens (tertiary/aromatic N) is 1. The number of rotatable bonds is 4. The van der Waals surface area contributed by atoms with E-state index in [1.165, 1.54) is 19.4 Å². The van der Waals surface area contributed by atoms with E-state index in [1.54, 1.807) is 18.2 Å². The second-order valence-corrected chi connectivity index (χ2v) is 7.68. The number of pyridine rings is 1. The van der Waals surface area contributed by atoms with Crippen LogP contribution in [-0.4, -0.2) is 20.5 Å². The number of nitrogens with one attached hydrogen (secondary N) is 1. The molecule has 112 valence electrons. The van der Waals surface area contributed by atoms with Gasteiger partial charge in [0.15, 0.2) is 0 Å². The number of hydrogen-bond donors (Lipinski definition) is 1. The lowest BCUT2D eigenvalue weighted by Gasteiger charge is -2.11. The molecule has 0 saturated heterocycles. The highest BCUT2D eigenvalue weighted by molar-refractivity contribution is 9.10. The molecule has 0 bridgehead atoms. The van der Waals surface area contributed by atoms with Crippen LogP contribution in [0.1, 0.15) is 0 Å². The van der Waals surface area contributed by atoms with Gasteiger partial charge in [-0.05, 0) is 56.1 Å². The molecule has 21 heavy (non-hydrogen) atoms. The van der Waals surface area contributed by atoms with Gasteiger partial charge in [-0.1, -0.05) is 11.6 Å². The van der Waals surface area contributed by atoms with E-state index in [1.807, 2.05) is 0 Å². The van der Waals surface area contributed by atoms with Crippen molar-refractivity contribution in [2.24, 2.45) is 0 Å². The highest BCUT2D eigenvalue weighted by Gasteiger charge is 2.20. The molecule has 1 N–H and O–H groups in total. The highest BCUT2D eigenvalue weighted by Crippen LogP contribution is 2.30. The Labute approximate surface area is 144 Å². The Kier molecular flexibility index (Phi) is 5.13. The summed E-state index contributed by atoms with van der Waals surface area (Å²) in [6, 6.07) is 6.20. The number of benzene rings is 1. The molecule has 1 aromatic carbocycles. The van der Waals surface area contributed by atoms with Gasteiger partial charge in [0.25, 0.3) is 10.0 Å². The van der Waals surface area contributed by atoms with Crippen molar-refractivity contribution in [3.05, 3.63) is 44.6 Å².